The van der Waals surface area contributed by atoms with Crippen LogP contribution < -0.4 is 0 Å². The normalized spacial score (nSPS) is 49.0. The van der Waals surface area contributed by atoms with Crippen molar-refractivity contribution in [1.82, 2.24) is 4.90 Å². The number of esters is 1. The number of carbonyl (C=O) groups is 2. The molecule has 3 aliphatic rings. The Balaban J connectivity index is 2.22. The lowest BCUT2D eigenvalue weighted by Gasteiger charge is -2.50. The van der Waals surface area contributed by atoms with E-state index in [-0.39, 0.29) is 37.2 Å². The Morgan fingerprint density at radius 2 is 1.48 bits per heavy atom. The fourth-order valence-electron chi connectivity index (χ4n) is 8.58. The molecule has 3 aliphatic heterocycles. The van der Waals surface area contributed by atoms with E-state index in [4.69, 9.17) is 33.2 Å². The number of ether oxygens (including phenoxy) is 7. The molecule has 0 aromatic carbocycles. The SMILES string of the molecule is CC[C@H]1OC(=O)[C@H](C)[C@@H](O[C@H]2C[C@@](C)(OC)[C@@H](O)[C@H](C)O2)[C@H](C)[C@@H](O[C@@H]2O[C@H](C)C[C@H](N(C)[14CH3])[C@H]2O)[C@](C)(OC)C[C@@H](C)C(=O)[C@H](C)[C@@H](O)[C@]1(C)O. The van der Waals surface area contributed by atoms with E-state index in [1.807, 2.05) is 32.8 Å². The molecular weight excluding hydrogens is 680 g/mol. The summed E-state index contributed by atoms with van der Waals surface area (Å²) in [6.45, 7) is 17.1. The Hall–Kier alpha value is -1.30. The van der Waals surface area contributed by atoms with E-state index in [0.717, 1.165) is 0 Å². The number of aliphatic hydroxyl groups is 4. The highest BCUT2D eigenvalue weighted by Crippen LogP contribution is 2.41. The van der Waals surface area contributed by atoms with Crippen LogP contribution in [0, 0.1) is 23.7 Å². The first-order valence-corrected chi connectivity index (χ1v) is 18.9. The van der Waals surface area contributed by atoms with Gasteiger partial charge in [-0.2, -0.15) is 0 Å². The Labute approximate surface area is 310 Å². The monoisotopic (exact) mass is 749 g/mol. The molecule has 52 heavy (non-hydrogen) atoms. The lowest BCUT2D eigenvalue weighted by Crippen LogP contribution is -2.61. The maximum Gasteiger partial charge on any atom is 0.311 e. The summed E-state index contributed by atoms with van der Waals surface area (Å²) in [5.74, 6) is -4.47. The van der Waals surface area contributed by atoms with Crippen LogP contribution in [0.1, 0.15) is 94.9 Å². The first-order valence-electron chi connectivity index (χ1n) is 18.9. The quantitative estimate of drug-likeness (QED) is 0.266. The number of methoxy groups -OCH3 is 2. The molecule has 3 rings (SSSR count). The number of nitrogens with zero attached hydrogens (tertiary/aromatic N) is 1. The minimum atomic E-state index is -1.96. The summed E-state index contributed by atoms with van der Waals surface area (Å²) in [4.78, 5) is 30.1. The van der Waals surface area contributed by atoms with E-state index in [1.54, 1.807) is 48.5 Å². The number of ketones is 1. The smallest absolute Gasteiger partial charge is 0.311 e. The van der Waals surface area contributed by atoms with Gasteiger partial charge in [0.25, 0.3) is 0 Å². The van der Waals surface area contributed by atoms with Crippen molar-refractivity contribution in [3.8, 4) is 0 Å². The third kappa shape index (κ3) is 9.38. The summed E-state index contributed by atoms with van der Waals surface area (Å²) < 4.78 is 43.9. The van der Waals surface area contributed by atoms with Gasteiger partial charge < -0.3 is 58.5 Å². The molecule has 0 unspecified atom stereocenters. The fraction of sp³-hybridized carbons (Fsp3) is 0.947. The minimum Gasteiger partial charge on any atom is -0.459 e. The second-order valence-corrected chi connectivity index (χ2v) is 16.6. The standard InChI is InChI=1S/C38H69NO13/c1-15-26-38(10,45)31(42)21(4)28(40)19(2)17-37(9,47-14)33(52-35-29(41)25(39(11)12)16-20(3)48-35)22(5)30(23(6)34(44)50-26)51-27-18-36(8,46-13)32(43)24(7)49-27/h19-27,29-33,35,41-43,45H,15-18H2,1-14H3/t19-,20-,21+,22+,23-,24+,25+,26-,27+,29-,30+,31-,32+,33-,35+,36-,37-,38-/m1/s1/i11+2. The van der Waals surface area contributed by atoms with Gasteiger partial charge in [0.15, 0.2) is 12.6 Å². The Morgan fingerprint density at radius 1 is 0.885 bits per heavy atom. The summed E-state index contributed by atoms with van der Waals surface area (Å²) >= 11 is 0. The lowest BCUT2D eigenvalue weighted by molar-refractivity contribution is -0.319. The van der Waals surface area contributed by atoms with Crippen LogP contribution in [0.2, 0.25) is 0 Å². The predicted molar refractivity (Wildman–Crippen MR) is 191 cm³/mol. The molecular formula is C38H69NO13. The average Bonchev–Trinajstić information content (AvgIpc) is 3.09. The van der Waals surface area contributed by atoms with E-state index in [9.17, 15) is 30.0 Å². The molecule has 0 amide bonds. The zero-order valence-electron chi connectivity index (χ0n) is 33.9. The highest BCUT2D eigenvalue weighted by atomic mass is 16.7. The molecule has 0 saturated carbocycles. The summed E-state index contributed by atoms with van der Waals surface area (Å²) in [6.07, 6.45) is -8.73. The van der Waals surface area contributed by atoms with Gasteiger partial charge in [0, 0.05) is 44.4 Å². The van der Waals surface area contributed by atoms with Crippen molar-refractivity contribution in [3.05, 3.63) is 0 Å². The Kier molecular flexibility index (Phi) is 15.3. The summed E-state index contributed by atoms with van der Waals surface area (Å²) in [6, 6.07) is -0.283. The van der Waals surface area contributed by atoms with Crippen LogP contribution in [0.3, 0.4) is 0 Å². The second kappa shape index (κ2) is 17.7. The van der Waals surface area contributed by atoms with E-state index in [1.165, 1.54) is 21.1 Å². The third-order valence-corrected chi connectivity index (χ3v) is 12.3. The first kappa shape index (κ1) is 45.1. The molecule has 4 N–H and O–H groups in total. The minimum absolute atomic E-state index is 0.111. The van der Waals surface area contributed by atoms with Crippen LogP contribution >= 0.6 is 0 Å². The molecule has 14 heteroatoms. The number of aliphatic hydroxyl groups excluding tert-OH is 3. The van der Waals surface area contributed by atoms with Crippen molar-refractivity contribution in [1.29, 1.82) is 0 Å². The number of hydrogen-bond donors (Lipinski definition) is 4. The summed E-state index contributed by atoms with van der Waals surface area (Å²) in [5.41, 5.74) is -4.24. The number of carbonyl (C=O) groups excluding carboxylic acids is 2. The van der Waals surface area contributed by atoms with E-state index < -0.39 is 102 Å². The van der Waals surface area contributed by atoms with Crippen LogP contribution in [-0.2, 0) is 42.7 Å². The van der Waals surface area contributed by atoms with Crippen molar-refractivity contribution in [2.24, 2.45) is 23.7 Å². The average molecular weight is 750 g/mol. The molecule has 14 nitrogen and oxygen atoms in total. The number of likely N-dealkylation sites (N-methyl/N-ethyl adjacent to an activating group) is 1. The molecule has 0 aromatic heterocycles. The molecule has 18 atom stereocenters. The Morgan fingerprint density at radius 3 is 2.02 bits per heavy atom. The van der Waals surface area contributed by atoms with Crippen molar-refractivity contribution < 1.29 is 63.2 Å². The van der Waals surface area contributed by atoms with Gasteiger partial charge in [0.2, 0.25) is 0 Å². The van der Waals surface area contributed by atoms with Crippen LogP contribution in [0.15, 0.2) is 0 Å². The van der Waals surface area contributed by atoms with Crippen LogP contribution in [0.25, 0.3) is 0 Å². The number of cyclic esters (lactones) is 1. The van der Waals surface area contributed by atoms with Gasteiger partial charge in [-0.25, -0.2) is 0 Å². The maximum atomic E-state index is 14.2. The molecule has 0 aromatic rings. The molecule has 0 aliphatic carbocycles. The van der Waals surface area contributed by atoms with Crippen molar-refractivity contribution in [2.75, 3.05) is 28.3 Å². The van der Waals surface area contributed by atoms with E-state index >= 15 is 0 Å². The number of Topliss-reactive ketones (excluding diaryl/α,β-unsaturated/α-hetero) is 1. The summed E-state index contributed by atoms with van der Waals surface area (Å²) in [5, 5.41) is 45.6. The largest absolute Gasteiger partial charge is 0.459 e. The molecule has 3 heterocycles. The predicted octanol–water partition coefficient (Wildman–Crippen LogP) is 2.44. The molecule has 0 spiro atoms. The number of rotatable bonds is 8. The second-order valence-electron chi connectivity index (χ2n) is 16.6. The zero-order chi connectivity index (χ0) is 39.7. The third-order valence-electron chi connectivity index (χ3n) is 12.3. The van der Waals surface area contributed by atoms with Gasteiger partial charge >= 0.3 is 5.97 Å². The van der Waals surface area contributed by atoms with Gasteiger partial charge in [0.05, 0.1) is 47.6 Å². The van der Waals surface area contributed by atoms with E-state index in [2.05, 4.69) is 0 Å². The maximum absolute atomic E-state index is 14.2. The van der Waals surface area contributed by atoms with Crippen LogP contribution in [-0.4, -0.2) is 150 Å². The highest BCUT2D eigenvalue weighted by molar-refractivity contribution is 5.83. The van der Waals surface area contributed by atoms with Gasteiger partial charge in [-0.05, 0) is 74.9 Å². The Bertz CT molecular complexity index is 1190. The first-order chi connectivity index (χ1) is 24.0. The zero-order valence-corrected chi connectivity index (χ0v) is 33.9. The van der Waals surface area contributed by atoms with Gasteiger partial charge in [-0.3, -0.25) is 9.59 Å². The van der Waals surface area contributed by atoms with Gasteiger partial charge in [0.1, 0.15) is 29.7 Å². The van der Waals surface area contributed by atoms with Gasteiger partial charge in [-0.1, -0.05) is 27.7 Å². The van der Waals surface area contributed by atoms with Crippen LogP contribution in [0.4, 0.5) is 0 Å². The fourth-order valence-corrected chi connectivity index (χ4v) is 8.58. The number of hydrogen-bond acceptors (Lipinski definition) is 14. The molecule has 3 fully saturated rings. The van der Waals surface area contributed by atoms with Crippen molar-refractivity contribution in [3.63, 3.8) is 0 Å². The van der Waals surface area contributed by atoms with Crippen LogP contribution in [0.5, 0.6) is 0 Å². The molecule has 0 bridgehead atoms. The summed E-state index contributed by atoms with van der Waals surface area (Å²) in [7, 11) is 6.77. The van der Waals surface area contributed by atoms with E-state index in [0.29, 0.717) is 6.42 Å². The molecule has 3 saturated heterocycles. The van der Waals surface area contributed by atoms with Crippen molar-refractivity contribution in [2.45, 2.75) is 179 Å². The highest BCUT2D eigenvalue weighted by Gasteiger charge is 2.54. The molecule has 304 valence electrons. The van der Waals surface area contributed by atoms with Gasteiger partial charge in [-0.15, -0.1) is 0 Å². The van der Waals surface area contributed by atoms with Crippen molar-refractivity contribution >= 4 is 11.8 Å². The lowest BCUT2D eigenvalue weighted by atomic mass is 9.74. The molecule has 0 radical (unpaired) electrons. The topological polar surface area (TPSA) is 183 Å².